The second-order valence-corrected chi connectivity index (χ2v) is 5.78. The van der Waals surface area contributed by atoms with Gasteiger partial charge in [0.25, 0.3) is 0 Å². The van der Waals surface area contributed by atoms with Crippen LogP contribution in [0.25, 0.3) is 0 Å². The number of rotatable bonds is 4. The third-order valence-corrected chi connectivity index (χ3v) is 3.87. The van der Waals surface area contributed by atoms with Crippen molar-refractivity contribution in [2.75, 3.05) is 18.8 Å². The first-order valence-electron chi connectivity index (χ1n) is 5.16. The highest BCUT2D eigenvalue weighted by Gasteiger charge is 2.14. The van der Waals surface area contributed by atoms with Crippen LogP contribution in [0.15, 0.2) is 18.2 Å². The molecule has 0 unspecified atom stereocenters. The molecule has 0 amide bonds. The van der Waals surface area contributed by atoms with Crippen LogP contribution in [0.3, 0.4) is 0 Å². The van der Waals surface area contributed by atoms with Crippen LogP contribution in [-0.2, 0) is 16.6 Å². The van der Waals surface area contributed by atoms with Crippen LogP contribution in [0.2, 0.25) is 0 Å². The van der Waals surface area contributed by atoms with Gasteiger partial charge >= 0.3 is 10.2 Å². The number of nitrogens with one attached hydrogen (secondary N) is 1. The normalized spacial score (nSPS) is 11.8. The minimum atomic E-state index is -3.42. The third kappa shape index (κ3) is 2.96. The average Bonchev–Trinajstić information content (AvgIpc) is 2.21. The third-order valence-electron chi connectivity index (χ3n) is 2.43. The van der Waals surface area contributed by atoms with E-state index in [1.807, 2.05) is 32.0 Å². The topological polar surface area (TPSA) is 49.4 Å². The summed E-state index contributed by atoms with van der Waals surface area (Å²) in [6.07, 6.45) is 0.886. The van der Waals surface area contributed by atoms with E-state index >= 15 is 0 Å². The van der Waals surface area contributed by atoms with Crippen molar-refractivity contribution >= 4 is 15.9 Å². The highest BCUT2D eigenvalue weighted by molar-refractivity contribution is 7.90. The van der Waals surface area contributed by atoms with Gasteiger partial charge in [-0.2, -0.15) is 12.7 Å². The Morgan fingerprint density at radius 2 is 1.94 bits per heavy atom. The maximum atomic E-state index is 11.7. The summed E-state index contributed by atoms with van der Waals surface area (Å²) in [5.74, 6) is 0. The molecule has 0 aliphatic rings. The van der Waals surface area contributed by atoms with Gasteiger partial charge in [0.05, 0.1) is 5.69 Å². The summed E-state index contributed by atoms with van der Waals surface area (Å²) >= 11 is 0. The van der Waals surface area contributed by atoms with Crippen molar-refractivity contribution in [2.45, 2.75) is 20.3 Å². The monoisotopic (exact) mass is 242 g/mol. The molecule has 0 atom stereocenters. The van der Waals surface area contributed by atoms with E-state index in [1.165, 1.54) is 14.1 Å². The number of aryl methyl sites for hydroxylation is 2. The van der Waals surface area contributed by atoms with Crippen LogP contribution in [0, 0.1) is 6.92 Å². The standard InChI is InChI=1S/C11H18N2O2S/c1-5-10-7-6-9(2)11(8-10)12-16(14,15)13(3)4/h6-8,12H,5H2,1-4H3. The lowest BCUT2D eigenvalue weighted by atomic mass is 10.1. The van der Waals surface area contributed by atoms with E-state index in [0.29, 0.717) is 5.69 Å². The Bertz CT molecular complexity index is 467. The molecule has 0 aliphatic carbocycles. The smallest absolute Gasteiger partial charge is 0.271 e. The molecule has 0 saturated carbocycles. The minimum Gasteiger partial charge on any atom is -0.271 e. The van der Waals surface area contributed by atoms with Gasteiger partial charge in [0.2, 0.25) is 0 Å². The molecule has 0 aliphatic heterocycles. The van der Waals surface area contributed by atoms with Gasteiger partial charge in [0.1, 0.15) is 0 Å². The maximum absolute atomic E-state index is 11.7. The SMILES string of the molecule is CCc1ccc(C)c(NS(=O)(=O)N(C)C)c1. The highest BCUT2D eigenvalue weighted by atomic mass is 32.2. The number of hydrogen-bond donors (Lipinski definition) is 1. The van der Waals surface area contributed by atoms with Gasteiger partial charge in [-0.25, -0.2) is 0 Å². The lowest BCUT2D eigenvalue weighted by Crippen LogP contribution is -2.29. The van der Waals surface area contributed by atoms with E-state index < -0.39 is 10.2 Å². The molecule has 0 fully saturated rings. The molecule has 0 saturated heterocycles. The summed E-state index contributed by atoms with van der Waals surface area (Å²) in [4.78, 5) is 0. The first-order chi connectivity index (χ1) is 7.36. The average molecular weight is 242 g/mol. The zero-order valence-electron chi connectivity index (χ0n) is 10.1. The zero-order valence-corrected chi connectivity index (χ0v) is 10.9. The molecule has 0 heterocycles. The molecule has 0 bridgehead atoms. The summed E-state index contributed by atoms with van der Waals surface area (Å²) in [6, 6.07) is 5.80. The van der Waals surface area contributed by atoms with Crippen molar-refractivity contribution in [3.8, 4) is 0 Å². The Labute approximate surface area is 97.5 Å². The van der Waals surface area contributed by atoms with Crippen LogP contribution >= 0.6 is 0 Å². The first kappa shape index (κ1) is 13.0. The second kappa shape index (κ2) is 4.84. The van der Waals surface area contributed by atoms with Gasteiger partial charge in [-0.1, -0.05) is 19.1 Å². The van der Waals surface area contributed by atoms with E-state index in [0.717, 1.165) is 21.9 Å². The van der Waals surface area contributed by atoms with Gasteiger partial charge in [-0.05, 0) is 30.5 Å². The number of nitrogens with zero attached hydrogens (tertiary/aromatic N) is 1. The quantitative estimate of drug-likeness (QED) is 0.875. The van der Waals surface area contributed by atoms with Crippen molar-refractivity contribution in [2.24, 2.45) is 0 Å². The molecule has 4 nitrogen and oxygen atoms in total. The van der Waals surface area contributed by atoms with E-state index in [9.17, 15) is 8.42 Å². The van der Waals surface area contributed by atoms with Gasteiger partial charge in [0, 0.05) is 14.1 Å². The Morgan fingerprint density at radius 1 is 1.31 bits per heavy atom. The number of anilines is 1. The summed E-state index contributed by atoms with van der Waals surface area (Å²) in [5, 5.41) is 0. The largest absolute Gasteiger partial charge is 0.301 e. The lowest BCUT2D eigenvalue weighted by Gasteiger charge is -2.15. The summed E-state index contributed by atoms with van der Waals surface area (Å²) < 4.78 is 27.0. The first-order valence-corrected chi connectivity index (χ1v) is 6.60. The van der Waals surface area contributed by atoms with Crippen LogP contribution in [-0.4, -0.2) is 26.8 Å². The minimum absolute atomic E-state index is 0.646. The van der Waals surface area contributed by atoms with Gasteiger partial charge in [-0.3, -0.25) is 4.72 Å². The molecule has 1 aromatic rings. The van der Waals surface area contributed by atoms with E-state index in [4.69, 9.17) is 0 Å². The van der Waals surface area contributed by atoms with Crippen LogP contribution in [0.1, 0.15) is 18.1 Å². The van der Waals surface area contributed by atoms with Crippen molar-refractivity contribution < 1.29 is 8.42 Å². The van der Waals surface area contributed by atoms with Gasteiger partial charge in [-0.15, -0.1) is 0 Å². The molecular weight excluding hydrogens is 224 g/mol. The summed E-state index contributed by atoms with van der Waals surface area (Å²) in [6.45, 7) is 3.92. The predicted octanol–water partition coefficient (Wildman–Crippen LogP) is 1.78. The molecule has 1 rings (SSSR count). The molecule has 90 valence electrons. The predicted molar refractivity (Wildman–Crippen MR) is 66.8 cm³/mol. The van der Waals surface area contributed by atoms with E-state index in [2.05, 4.69) is 4.72 Å². The Hall–Kier alpha value is -1.07. The Balaban J connectivity index is 3.06. The Kier molecular flexibility index (Phi) is 3.93. The van der Waals surface area contributed by atoms with Crippen molar-refractivity contribution in [1.82, 2.24) is 4.31 Å². The molecule has 1 N–H and O–H groups in total. The molecular formula is C11H18N2O2S. The lowest BCUT2D eigenvalue weighted by molar-refractivity contribution is 0.527. The number of hydrogen-bond acceptors (Lipinski definition) is 2. The molecule has 16 heavy (non-hydrogen) atoms. The van der Waals surface area contributed by atoms with E-state index in [-0.39, 0.29) is 0 Å². The Morgan fingerprint density at radius 3 is 2.44 bits per heavy atom. The summed E-state index contributed by atoms with van der Waals surface area (Å²) in [7, 11) is -0.413. The zero-order chi connectivity index (χ0) is 12.3. The van der Waals surface area contributed by atoms with Gasteiger partial charge < -0.3 is 0 Å². The molecule has 0 spiro atoms. The molecule has 5 heteroatoms. The fourth-order valence-electron chi connectivity index (χ4n) is 1.23. The van der Waals surface area contributed by atoms with Crippen molar-refractivity contribution in [1.29, 1.82) is 0 Å². The summed E-state index contributed by atoms with van der Waals surface area (Å²) in [5.41, 5.74) is 2.68. The maximum Gasteiger partial charge on any atom is 0.301 e. The molecule has 1 aromatic carbocycles. The second-order valence-electron chi connectivity index (χ2n) is 3.89. The number of benzene rings is 1. The van der Waals surface area contributed by atoms with Crippen LogP contribution in [0.4, 0.5) is 5.69 Å². The molecule has 0 radical (unpaired) electrons. The van der Waals surface area contributed by atoms with Crippen LogP contribution < -0.4 is 4.72 Å². The van der Waals surface area contributed by atoms with Gasteiger partial charge in [0.15, 0.2) is 0 Å². The van der Waals surface area contributed by atoms with Crippen LogP contribution in [0.5, 0.6) is 0 Å². The molecule has 0 aromatic heterocycles. The van der Waals surface area contributed by atoms with Crippen molar-refractivity contribution in [3.63, 3.8) is 0 Å². The van der Waals surface area contributed by atoms with Crippen molar-refractivity contribution in [3.05, 3.63) is 29.3 Å². The fraction of sp³-hybridized carbons (Fsp3) is 0.455. The fourth-order valence-corrected chi connectivity index (χ4v) is 1.91. The highest BCUT2D eigenvalue weighted by Crippen LogP contribution is 2.19. The van der Waals surface area contributed by atoms with E-state index in [1.54, 1.807) is 0 Å².